The van der Waals surface area contributed by atoms with E-state index in [2.05, 4.69) is 10.6 Å². The molecule has 0 aliphatic carbocycles. The summed E-state index contributed by atoms with van der Waals surface area (Å²) in [6, 6.07) is -2.45. The third kappa shape index (κ3) is 10.3. The molecule has 0 aromatic heterocycles. The van der Waals surface area contributed by atoms with Gasteiger partial charge >= 0.3 is 11.9 Å². The van der Waals surface area contributed by atoms with Crippen LogP contribution >= 0.6 is 0 Å². The Bertz CT molecular complexity index is 591. The van der Waals surface area contributed by atoms with Crippen LogP contribution in [0.4, 0.5) is 8.78 Å². The Balaban J connectivity index is 5.40. The fourth-order valence-corrected chi connectivity index (χ4v) is 2.74. The van der Waals surface area contributed by atoms with Gasteiger partial charge in [-0.25, -0.2) is 0 Å². The molecule has 7 nitrogen and oxygen atoms in total. The lowest BCUT2D eigenvalue weighted by atomic mass is 9.93. The Morgan fingerprint density at radius 2 is 1.48 bits per heavy atom. The van der Waals surface area contributed by atoms with E-state index in [4.69, 9.17) is 5.11 Å². The number of carboxylic acid groups (broad SMARTS) is 1. The zero-order valence-electron chi connectivity index (χ0n) is 18.1. The van der Waals surface area contributed by atoms with Gasteiger partial charge in [0.2, 0.25) is 17.6 Å². The van der Waals surface area contributed by atoms with E-state index < -0.39 is 48.5 Å². The highest BCUT2D eigenvalue weighted by Crippen LogP contribution is 2.25. The second kappa shape index (κ2) is 11.8. The molecule has 2 amide bonds. The molecular weight excluding hydrogens is 386 g/mol. The number of hydrogen-bond acceptors (Lipinski definition) is 4. The van der Waals surface area contributed by atoms with Crippen molar-refractivity contribution in [1.29, 1.82) is 0 Å². The second-order valence-electron chi connectivity index (χ2n) is 8.54. The summed E-state index contributed by atoms with van der Waals surface area (Å²) in [5.41, 5.74) is 0. The third-order valence-electron chi connectivity index (χ3n) is 4.21. The van der Waals surface area contributed by atoms with E-state index in [9.17, 15) is 28.0 Å². The molecule has 2 atom stereocenters. The van der Waals surface area contributed by atoms with Crippen molar-refractivity contribution < 1.29 is 33.1 Å². The summed E-state index contributed by atoms with van der Waals surface area (Å²) in [6.45, 7) is 10.5. The van der Waals surface area contributed by atoms with Crippen molar-refractivity contribution in [2.45, 2.75) is 85.2 Å². The van der Waals surface area contributed by atoms with Crippen molar-refractivity contribution in [3.63, 3.8) is 0 Å². The van der Waals surface area contributed by atoms with Gasteiger partial charge in [0.1, 0.15) is 6.04 Å². The van der Waals surface area contributed by atoms with Crippen molar-refractivity contribution >= 4 is 23.6 Å². The number of halogens is 2. The Labute approximate surface area is 171 Å². The van der Waals surface area contributed by atoms with Crippen LogP contribution in [0.5, 0.6) is 0 Å². The van der Waals surface area contributed by atoms with Gasteiger partial charge in [0, 0.05) is 12.8 Å². The quantitative estimate of drug-likeness (QED) is 0.424. The molecule has 29 heavy (non-hydrogen) atoms. The molecule has 0 heterocycles. The summed E-state index contributed by atoms with van der Waals surface area (Å²) in [4.78, 5) is 47.7. The van der Waals surface area contributed by atoms with E-state index >= 15 is 0 Å². The van der Waals surface area contributed by atoms with E-state index in [0.717, 1.165) is 0 Å². The topological polar surface area (TPSA) is 113 Å². The fraction of sp³-hybridized carbons (Fsp3) is 0.800. The van der Waals surface area contributed by atoms with Gasteiger partial charge in [-0.3, -0.25) is 19.2 Å². The summed E-state index contributed by atoms with van der Waals surface area (Å²) in [6.07, 6.45) is -1.82. The zero-order valence-corrected chi connectivity index (χ0v) is 18.1. The van der Waals surface area contributed by atoms with E-state index in [1.807, 2.05) is 13.8 Å². The first kappa shape index (κ1) is 26.9. The normalized spacial score (nSPS) is 14.0. The van der Waals surface area contributed by atoms with Crippen molar-refractivity contribution in [2.75, 3.05) is 0 Å². The monoisotopic (exact) mass is 420 g/mol. The molecule has 3 N–H and O–H groups in total. The molecule has 0 radical (unpaired) electrons. The average molecular weight is 420 g/mol. The molecule has 168 valence electrons. The first-order valence-electron chi connectivity index (χ1n) is 9.91. The van der Waals surface area contributed by atoms with E-state index in [0.29, 0.717) is 0 Å². The van der Waals surface area contributed by atoms with Crippen LogP contribution in [0.15, 0.2) is 0 Å². The zero-order chi connectivity index (χ0) is 22.9. The Morgan fingerprint density at radius 3 is 1.90 bits per heavy atom. The lowest BCUT2D eigenvalue weighted by Crippen LogP contribution is -2.56. The highest BCUT2D eigenvalue weighted by Gasteiger charge is 2.44. The number of carbonyl (C=O) groups excluding carboxylic acids is 3. The van der Waals surface area contributed by atoms with Gasteiger partial charge < -0.3 is 15.7 Å². The standard InChI is InChI=1S/C20H34F2N2O5/c1-11(2)9-14(18(28)20(21,22)8-7-16(26)27)23-19(29)17(13(5)6)24-15(25)10-12(3)4/h11-14,17H,7-10H2,1-6H3,(H,23,29)(H,24,25)(H,26,27)/t14?,17-/m0/s1. The largest absolute Gasteiger partial charge is 0.481 e. The molecule has 0 spiro atoms. The number of carbonyl (C=O) groups is 4. The van der Waals surface area contributed by atoms with Crippen molar-refractivity contribution in [1.82, 2.24) is 10.6 Å². The van der Waals surface area contributed by atoms with Gasteiger partial charge in [-0.05, 0) is 24.2 Å². The molecule has 0 aromatic rings. The van der Waals surface area contributed by atoms with Gasteiger partial charge in [0.05, 0.1) is 12.5 Å². The second-order valence-corrected chi connectivity index (χ2v) is 8.54. The predicted molar refractivity (Wildman–Crippen MR) is 104 cm³/mol. The van der Waals surface area contributed by atoms with Crippen LogP contribution in [0, 0.1) is 17.8 Å². The minimum absolute atomic E-state index is 0.0298. The highest BCUT2D eigenvalue weighted by molar-refractivity contribution is 5.96. The van der Waals surface area contributed by atoms with Crippen molar-refractivity contribution in [3.8, 4) is 0 Å². The van der Waals surface area contributed by atoms with Crippen LogP contribution in [0.25, 0.3) is 0 Å². The number of hydrogen-bond donors (Lipinski definition) is 3. The molecule has 0 aromatic carbocycles. The molecule has 0 rings (SSSR count). The average Bonchev–Trinajstić information content (AvgIpc) is 2.55. The predicted octanol–water partition coefficient (Wildman–Crippen LogP) is 2.77. The number of carboxylic acids is 1. The maximum absolute atomic E-state index is 14.2. The van der Waals surface area contributed by atoms with Crippen LogP contribution in [0.1, 0.15) is 67.2 Å². The first-order valence-corrected chi connectivity index (χ1v) is 9.91. The summed E-state index contributed by atoms with van der Waals surface area (Å²) in [5.74, 6) is -8.31. The Hall–Kier alpha value is -2.06. The number of rotatable bonds is 13. The van der Waals surface area contributed by atoms with E-state index in [1.54, 1.807) is 27.7 Å². The smallest absolute Gasteiger partial charge is 0.307 e. The van der Waals surface area contributed by atoms with Crippen molar-refractivity contribution in [2.24, 2.45) is 17.8 Å². The van der Waals surface area contributed by atoms with Gasteiger partial charge in [0.25, 0.3) is 0 Å². The molecule has 0 saturated carbocycles. The summed E-state index contributed by atoms with van der Waals surface area (Å²) in [5, 5.41) is 13.6. The van der Waals surface area contributed by atoms with Crippen LogP contribution in [-0.4, -0.2) is 46.7 Å². The van der Waals surface area contributed by atoms with Crippen molar-refractivity contribution in [3.05, 3.63) is 0 Å². The third-order valence-corrected chi connectivity index (χ3v) is 4.21. The fourth-order valence-electron chi connectivity index (χ4n) is 2.74. The van der Waals surface area contributed by atoms with E-state index in [1.165, 1.54) is 0 Å². The first-order chi connectivity index (χ1) is 13.2. The van der Waals surface area contributed by atoms with Crippen LogP contribution in [0.3, 0.4) is 0 Å². The molecular formula is C20H34F2N2O5. The van der Waals surface area contributed by atoms with Crippen LogP contribution < -0.4 is 10.6 Å². The summed E-state index contributed by atoms with van der Waals surface area (Å²) in [7, 11) is 0. The number of amides is 2. The molecule has 1 unspecified atom stereocenters. The van der Waals surface area contributed by atoms with Gasteiger partial charge in [-0.2, -0.15) is 8.78 Å². The summed E-state index contributed by atoms with van der Waals surface area (Å²) >= 11 is 0. The molecule has 0 aliphatic rings. The Morgan fingerprint density at radius 1 is 0.931 bits per heavy atom. The maximum atomic E-state index is 14.2. The molecule has 9 heteroatoms. The Kier molecular flexibility index (Phi) is 11.0. The van der Waals surface area contributed by atoms with Gasteiger partial charge in [-0.1, -0.05) is 41.5 Å². The number of Topliss-reactive ketones (excluding diaryl/α,β-unsaturated/α-hetero) is 1. The maximum Gasteiger partial charge on any atom is 0.307 e. The molecule has 0 saturated heterocycles. The van der Waals surface area contributed by atoms with Crippen LogP contribution in [0.2, 0.25) is 0 Å². The lowest BCUT2D eigenvalue weighted by Gasteiger charge is -2.28. The molecule has 0 bridgehead atoms. The van der Waals surface area contributed by atoms with Gasteiger partial charge in [0.15, 0.2) is 0 Å². The SMILES string of the molecule is CC(C)CC(=O)N[C@H](C(=O)NC(CC(C)C)C(=O)C(F)(F)CCC(=O)O)C(C)C. The molecule has 0 aliphatic heterocycles. The minimum Gasteiger partial charge on any atom is -0.481 e. The summed E-state index contributed by atoms with van der Waals surface area (Å²) < 4.78 is 28.4. The number of nitrogens with one attached hydrogen (secondary N) is 2. The molecule has 0 fully saturated rings. The lowest BCUT2D eigenvalue weighted by molar-refractivity contribution is -0.151. The highest BCUT2D eigenvalue weighted by atomic mass is 19.3. The minimum atomic E-state index is -3.88. The van der Waals surface area contributed by atoms with E-state index in [-0.39, 0.29) is 36.5 Å². The van der Waals surface area contributed by atoms with Crippen LogP contribution in [-0.2, 0) is 19.2 Å². The number of alkyl halides is 2. The number of ketones is 1. The van der Waals surface area contributed by atoms with Gasteiger partial charge in [-0.15, -0.1) is 0 Å². The number of aliphatic carboxylic acids is 1.